The summed E-state index contributed by atoms with van der Waals surface area (Å²) < 4.78 is 18.7. The molecule has 0 saturated heterocycles. The first-order valence-electron chi connectivity index (χ1n) is 5.14. The second-order valence-electron chi connectivity index (χ2n) is 3.27. The largest absolute Gasteiger partial charge is 0.517 e. The molecule has 8 nitrogen and oxygen atoms in total. The van der Waals surface area contributed by atoms with Crippen molar-refractivity contribution in [3.05, 3.63) is 11.3 Å². The lowest BCUT2D eigenvalue weighted by Crippen LogP contribution is -2.19. The van der Waals surface area contributed by atoms with Gasteiger partial charge in [0.25, 0.3) is 5.97 Å². The van der Waals surface area contributed by atoms with E-state index in [1.807, 2.05) is 0 Å². The Labute approximate surface area is 111 Å². The van der Waals surface area contributed by atoms with E-state index in [0.29, 0.717) is 0 Å². The van der Waals surface area contributed by atoms with Crippen molar-refractivity contribution in [3.63, 3.8) is 0 Å². The molecule has 0 aromatic carbocycles. The van der Waals surface area contributed by atoms with Gasteiger partial charge < -0.3 is 18.6 Å². The third-order valence-electron chi connectivity index (χ3n) is 1.37. The smallest absolute Gasteiger partial charge is 0.333 e. The van der Waals surface area contributed by atoms with Gasteiger partial charge in [-0.3, -0.25) is 19.2 Å². The fourth-order valence-electron chi connectivity index (χ4n) is 0.866. The van der Waals surface area contributed by atoms with E-state index >= 15 is 0 Å². The maximum atomic E-state index is 10.9. The zero-order valence-electron chi connectivity index (χ0n) is 11.0. The van der Waals surface area contributed by atoms with E-state index in [1.165, 1.54) is 0 Å². The molecule has 0 heterocycles. The molecule has 0 bridgehead atoms. The molecule has 0 atom stereocenters. The zero-order valence-corrected chi connectivity index (χ0v) is 12.4. The second kappa shape index (κ2) is 8.03. The third-order valence-corrected chi connectivity index (χ3v) is 2.62. The molecule has 0 aliphatic carbocycles. The highest BCUT2D eigenvalue weighted by atomic mass is 28.2. The molecule has 0 aromatic heterocycles. The van der Waals surface area contributed by atoms with Crippen molar-refractivity contribution in [1.82, 2.24) is 0 Å². The van der Waals surface area contributed by atoms with Crippen molar-refractivity contribution in [1.29, 1.82) is 0 Å². The van der Waals surface area contributed by atoms with Crippen molar-refractivity contribution in [2.24, 2.45) is 0 Å². The van der Waals surface area contributed by atoms with Crippen LogP contribution < -0.4 is 0 Å². The van der Waals surface area contributed by atoms with Crippen LogP contribution in [-0.2, 0) is 37.8 Å². The number of rotatable bonds is 5. The van der Waals surface area contributed by atoms with E-state index in [-0.39, 0.29) is 5.38 Å². The van der Waals surface area contributed by atoms with Crippen LogP contribution in [0.4, 0.5) is 0 Å². The fraction of sp³-hybridized carbons (Fsp3) is 0.400. The van der Waals surface area contributed by atoms with Crippen LogP contribution in [0, 0.1) is 0 Å². The SMILES string of the molecule is CC(=O)O[SiH2]C(OC(C)=O)=C(OC(C)=O)OC(C)=O. The van der Waals surface area contributed by atoms with Crippen LogP contribution in [0.1, 0.15) is 27.7 Å². The van der Waals surface area contributed by atoms with Gasteiger partial charge in [-0.1, -0.05) is 0 Å². The minimum absolute atomic E-state index is 0.256. The number of hydrogen-bond donors (Lipinski definition) is 0. The first-order valence-corrected chi connectivity index (χ1v) is 6.42. The summed E-state index contributed by atoms with van der Waals surface area (Å²) in [4.78, 5) is 43.4. The lowest BCUT2D eigenvalue weighted by molar-refractivity contribution is -0.153. The summed E-state index contributed by atoms with van der Waals surface area (Å²) in [5, 5.41) is -0.256. The Morgan fingerprint density at radius 2 is 1.11 bits per heavy atom. The Kier molecular flexibility index (Phi) is 7.12. The number of esters is 3. The molecule has 106 valence electrons. The van der Waals surface area contributed by atoms with E-state index in [9.17, 15) is 19.2 Å². The summed E-state index contributed by atoms with van der Waals surface area (Å²) in [6.07, 6.45) is 0. The standard InChI is InChI=1S/C10H14O8Si/c1-5(11)15-9(16-6(2)12)10(17-7(3)13)19-18-8(4)14/h19H2,1-4H3. The normalized spacial score (nSPS) is 9.68. The molecule has 0 spiro atoms. The highest BCUT2D eigenvalue weighted by Gasteiger charge is 2.20. The molecule has 0 N–H and O–H groups in total. The van der Waals surface area contributed by atoms with Crippen LogP contribution in [0.25, 0.3) is 0 Å². The molecule has 0 amide bonds. The molecule has 0 rings (SSSR count). The first-order chi connectivity index (χ1) is 8.72. The van der Waals surface area contributed by atoms with Crippen LogP contribution in [0.3, 0.4) is 0 Å². The van der Waals surface area contributed by atoms with Crippen LogP contribution >= 0.6 is 0 Å². The van der Waals surface area contributed by atoms with Crippen LogP contribution in [0.2, 0.25) is 0 Å². The van der Waals surface area contributed by atoms with Gasteiger partial charge in [0.1, 0.15) is 0 Å². The summed E-state index contributed by atoms with van der Waals surface area (Å²) in [5.74, 6) is -3.47. The Hall–Kier alpha value is -2.16. The van der Waals surface area contributed by atoms with Gasteiger partial charge in [-0.05, 0) is 0 Å². The Balaban J connectivity index is 5.24. The topological polar surface area (TPSA) is 105 Å². The predicted molar refractivity (Wildman–Crippen MR) is 62.6 cm³/mol. The van der Waals surface area contributed by atoms with Crippen molar-refractivity contribution in [2.45, 2.75) is 27.7 Å². The molecule has 0 unspecified atom stereocenters. The zero-order chi connectivity index (χ0) is 15.0. The van der Waals surface area contributed by atoms with Gasteiger partial charge in [-0.15, -0.1) is 0 Å². The summed E-state index contributed by atoms with van der Waals surface area (Å²) in [5.41, 5.74) is 0. The van der Waals surface area contributed by atoms with Crippen LogP contribution in [0.15, 0.2) is 11.3 Å². The lowest BCUT2D eigenvalue weighted by atomic mass is 10.7. The Bertz CT molecular complexity index is 407. The minimum Gasteiger partial charge on any atom is -0.517 e. The molecule has 9 heteroatoms. The first kappa shape index (κ1) is 16.8. The molecule has 19 heavy (non-hydrogen) atoms. The van der Waals surface area contributed by atoms with E-state index in [2.05, 4.69) is 9.47 Å². The molecule has 0 aliphatic heterocycles. The number of hydrogen-bond acceptors (Lipinski definition) is 8. The van der Waals surface area contributed by atoms with Crippen LogP contribution in [0.5, 0.6) is 0 Å². The third kappa shape index (κ3) is 8.55. The molecular weight excluding hydrogens is 276 g/mol. The summed E-state index contributed by atoms with van der Waals surface area (Å²) in [7, 11) is -1.87. The van der Waals surface area contributed by atoms with Gasteiger partial charge in [0.15, 0.2) is 0 Å². The summed E-state index contributed by atoms with van der Waals surface area (Å²) >= 11 is 0. The average molecular weight is 290 g/mol. The van der Waals surface area contributed by atoms with Crippen molar-refractivity contribution < 1.29 is 37.8 Å². The predicted octanol–water partition coefficient (Wildman–Crippen LogP) is -0.551. The van der Waals surface area contributed by atoms with Gasteiger partial charge in [-0.25, -0.2) is 0 Å². The number of carbonyl (C=O) groups excluding carboxylic acids is 4. The Morgan fingerprint density at radius 3 is 1.42 bits per heavy atom. The van der Waals surface area contributed by atoms with Gasteiger partial charge in [0.05, 0.1) is 0 Å². The van der Waals surface area contributed by atoms with Gasteiger partial charge in [-0.2, -0.15) is 0 Å². The van der Waals surface area contributed by atoms with Gasteiger partial charge in [0.2, 0.25) is 5.38 Å². The molecule has 0 aromatic rings. The van der Waals surface area contributed by atoms with Crippen LogP contribution in [-0.4, -0.2) is 33.6 Å². The molecule has 0 radical (unpaired) electrons. The number of ether oxygens (including phenoxy) is 3. The van der Waals surface area contributed by atoms with Crippen molar-refractivity contribution in [2.75, 3.05) is 0 Å². The minimum atomic E-state index is -1.87. The lowest BCUT2D eigenvalue weighted by Gasteiger charge is -2.12. The molecular formula is C10H14O8Si. The second-order valence-corrected chi connectivity index (χ2v) is 4.49. The van der Waals surface area contributed by atoms with E-state index in [4.69, 9.17) is 9.16 Å². The van der Waals surface area contributed by atoms with E-state index in [1.54, 1.807) is 0 Å². The summed E-state index contributed by atoms with van der Waals surface area (Å²) in [6, 6.07) is 0. The summed E-state index contributed by atoms with van der Waals surface area (Å²) in [6.45, 7) is 4.40. The van der Waals surface area contributed by atoms with E-state index in [0.717, 1.165) is 27.7 Å². The van der Waals surface area contributed by atoms with E-state index < -0.39 is 39.6 Å². The maximum Gasteiger partial charge on any atom is 0.333 e. The average Bonchev–Trinajstić information content (AvgIpc) is 2.21. The fourth-order valence-corrected chi connectivity index (χ4v) is 1.73. The van der Waals surface area contributed by atoms with Gasteiger partial charge in [0, 0.05) is 27.7 Å². The quantitative estimate of drug-likeness (QED) is 0.377. The maximum absolute atomic E-state index is 10.9. The highest BCUT2D eigenvalue weighted by molar-refractivity contribution is 6.40. The van der Waals surface area contributed by atoms with Crippen molar-refractivity contribution in [3.8, 4) is 0 Å². The molecule has 0 aliphatic rings. The monoisotopic (exact) mass is 290 g/mol. The Morgan fingerprint density at radius 1 is 0.684 bits per heavy atom. The molecule has 0 fully saturated rings. The highest BCUT2D eigenvalue weighted by Crippen LogP contribution is 2.11. The van der Waals surface area contributed by atoms with Crippen molar-refractivity contribution >= 4 is 33.6 Å². The number of carbonyl (C=O) groups is 4. The molecule has 0 saturated carbocycles. The van der Waals surface area contributed by atoms with Gasteiger partial charge >= 0.3 is 33.6 Å².